The van der Waals surface area contributed by atoms with E-state index in [1.165, 1.54) is 0 Å². The predicted octanol–water partition coefficient (Wildman–Crippen LogP) is 1.49. The minimum absolute atomic E-state index is 0.192. The molecule has 2 aromatic heterocycles. The van der Waals surface area contributed by atoms with Crippen LogP contribution in [0.5, 0.6) is 5.88 Å². The van der Waals surface area contributed by atoms with Crippen LogP contribution in [-0.2, 0) is 6.42 Å². The van der Waals surface area contributed by atoms with Crippen molar-refractivity contribution in [3.05, 3.63) is 40.4 Å². The zero-order valence-electron chi connectivity index (χ0n) is 9.47. The highest BCUT2D eigenvalue weighted by atomic mass is 16.3. The molecule has 0 atom stereocenters. The van der Waals surface area contributed by atoms with Crippen LogP contribution in [0.2, 0.25) is 0 Å². The van der Waals surface area contributed by atoms with Crippen LogP contribution < -0.4 is 5.56 Å². The zero-order valence-corrected chi connectivity index (χ0v) is 9.47. The molecular formula is C12H13N3O2. The van der Waals surface area contributed by atoms with Gasteiger partial charge in [0, 0.05) is 18.0 Å². The molecular weight excluding hydrogens is 218 g/mol. The fraction of sp³-hybridized carbons (Fsp3) is 0.250. The second-order valence-corrected chi connectivity index (χ2v) is 3.70. The molecule has 2 heterocycles. The molecule has 2 N–H and O–H groups in total. The summed E-state index contributed by atoms with van der Waals surface area (Å²) in [6.45, 7) is 1.94. The molecule has 5 heteroatoms. The summed E-state index contributed by atoms with van der Waals surface area (Å²) in [4.78, 5) is 22.3. The summed E-state index contributed by atoms with van der Waals surface area (Å²) in [6.07, 6.45) is 4.51. The van der Waals surface area contributed by atoms with E-state index < -0.39 is 0 Å². The van der Waals surface area contributed by atoms with Gasteiger partial charge in [-0.25, -0.2) is 0 Å². The quantitative estimate of drug-likeness (QED) is 0.838. The molecule has 0 fully saturated rings. The smallest absolute Gasteiger partial charge is 0.258 e. The number of hydrogen-bond donors (Lipinski definition) is 2. The van der Waals surface area contributed by atoms with Gasteiger partial charge in [-0.2, -0.15) is 4.98 Å². The van der Waals surface area contributed by atoms with Crippen LogP contribution in [-0.4, -0.2) is 20.1 Å². The maximum absolute atomic E-state index is 11.8. The number of aromatic amines is 1. The maximum atomic E-state index is 11.8. The standard InChI is InChI=1S/C12H13N3O2/c1-2-3-9-11(16)14-10(15-12(9)17)8-4-6-13-7-5-8/h4-7H,2-3H2,1H3,(H2,14,15,16,17). The summed E-state index contributed by atoms with van der Waals surface area (Å²) < 4.78 is 0. The first-order valence-electron chi connectivity index (χ1n) is 5.45. The van der Waals surface area contributed by atoms with Crippen LogP contribution in [0.1, 0.15) is 18.9 Å². The summed E-state index contributed by atoms with van der Waals surface area (Å²) >= 11 is 0. The molecule has 88 valence electrons. The number of pyridine rings is 1. The maximum Gasteiger partial charge on any atom is 0.258 e. The molecule has 0 saturated heterocycles. The third-order valence-corrected chi connectivity index (χ3v) is 2.45. The first kappa shape index (κ1) is 11.3. The number of aromatic hydroxyl groups is 1. The molecule has 0 unspecified atom stereocenters. The molecule has 0 aliphatic heterocycles. The summed E-state index contributed by atoms with van der Waals surface area (Å²) in [6, 6.07) is 3.44. The van der Waals surface area contributed by atoms with Crippen LogP contribution >= 0.6 is 0 Å². The summed E-state index contributed by atoms with van der Waals surface area (Å²) in [5.74, 6) is 0.164. The number of hydrogen-bond acceptors (Lipinski definition) is 4. The Kier molecular flexibility index (Phi) is 3.18. The Morgan fingerprint density at radius 2 is 2.06 bits per heavy atom. The van der Waals surface area contributed by atoms with Gasteiger partial charge in [0.2, 0.25) is 5.88 Å². The van der Waals surface area contributed by atoms with E-state index in [4.69, 9.17) is 0 Å². The van der Waals surface area contributed by atoms with Crippen molar-refractivity contribution in [2.75, 3.05) is 0 Å². The second kappa shape index (κ2) is 4.78. The normalized spacial score (nSPS) is 10.4. The first-order valence-corrected chi connectivity index (χ1v) is 5.45. The lowest BCUT2D eigenvalue weighted by molar-refractivity contribution is 0.443. The average molecular weight is 231 g/mol. The van der Waals surface area contributed by atoms with Crippen molar-refractivity contribution in [3.63, 3.8) is 0 Å². The van der Waals surface area contributed by atoms with Gasteiger partial charge in [0.1, 0.15) is 5.82 Å². The topological polar surface area (TPSA) is 78.9 Å². The van der Waals surface area contributed by atoms with Gasteiger partial charge in [0.25, 0.3) is 5.56 Å². The van der Waals surface area contributed by atoms with Gasteiger partial charge in [-0.15, -0.1) is 0 Å². The first-order chi connectivity index (χ1) is 8.22. The minimum atomic E-state index is -0.286. The molecule has 0 spiro atoms. The van der Waals surface area contributed by atoms with E-state index >= 15 is 0 Å². The van der Waals surface area contributed by atoms with Crippen LogP contribution in [0.4, 0.5) is 0 Å². The summed E-state index contributed by atoms with van der Waals surface area (Å²) in [5, 5.41) is 9.72. The molecule has 5 nitrogen and oxygen atoms in total. The lowest BCUT2D eigenvalue weighted by Crippen LogP contribution is -2.15. The SMILES string of the molecule is CCCc1c(O)nc(-c2ccncc2)[nH]c1=O. The highest BCUT2D eigenvalue weighted by Crippen LogP contribution is 2.17. The molecule has 0 aromatic carbocycles. The second-order valence-electron chi connectivity index (χ2n) is 3.70. The molecule has 0 aliphatic carbocycles. The Labute approximate surface area is 98.2 Å². The predicted molar refractivity (Wildman–Crippen MR) is 63.7 cm³/mol. The van der Waals surface area contributed by atoms with Gasteiger partial charge >= 0.3 is 0 Å². The van der Waals surface area contributed by atoms with Crippen molar-refractivity contribution in [1.82, 2.24) is 15.0 Å². The lowest BCUT2D eigenvalue weighted by Gasteiger charge is -2.04. The van der Waals surface area contributed by atoms with Crippen molar-refractivity contribution in [1.29, 1.82) is 0 Å². The van der Waals surface area contributed by atoms with Gasteiger partial charge < -0.3 is 10.1 Å². The molecule has 0 bridgehead atoms. The number of nitrogens with one attached hydrogen (secondary N) is 1. The van der Waals surface area contributed by atoms with E-state index in [9.17, 15) is 9.90 Å². The van der Waals surface area contributed by atoms with Crippen molar-refractivity contribution < 1.29 is 5.11 Å². The molecule has 2 rings (SSSR count). The summed E-state index contributed by atoms with van der Waals surface area (Å²) in [5.41, 5.74) is 0.770. The van der Waals surface area contributed by atoms with E-state index in [0.29, 0.717) is 17.8 Å². The van der Waals surface area contributed by atoms with Gasteiger partial charge in [-0.1, -0.05) is 13.3 Å². The van der Waals surface area contributed by atoms with Crippen LogP contribution in [0.25, 0.3) is 11.4 Å². The van der Waals surface area contributed by atoms with E-state index in [1.807, 2.05) is 6.92 Å². The Hall–Kier alpha value is -2.17. The largest absolute Gasteiger partial charge is 0.493 e. The van der Waals surface area contributed by atoms with Crippen LogP contribution in [0.15, 0.2) is 29.3 Å². The van der Waals surface area contributed by atoms with E-state index in [0.717, 1.165) is 12.0 Å². The molecule has 17 heavy (non-hydrogen) atoms. The Bertz CT molecular complexity index is 564. The molecule has 0 amide bonds. The zero-order chi connectivity index (χ0) is 12.3. The number of aromatic nitrogens is 3. The van der Waals surface area contributed by atoms with E-state index in [-0.39, 0.29) is 11.4 Å². The lowest BCUT2D eigenvalue weighted by atomic mass is 10.2. The Balaban J connectivity index is 2.50. The Morgan fingerprint density at radius 1 is 1.35 bits per heavy atom. The summed E-state index contributed by atoms with van der Waals surface area (Å²) in [7, 11) is 0. The third kappa shape index (κ3) is 2.33. The van der Waals surface area contributed by atoms with E-state index in [1.54, 1.807) is 24.5 Å². The van der Waals surface area contributed by atoms with Gasteiger partial charge in [0.05, 0.1) is 5.56 Å². The highest BCUT2D eigenvalue weighted by molar-refractivity contribution is 5.54. The van der Waals surface area contributed by atoms with Crippen molar-refractivity contribution in [2.24, 2.45) is 0 Å². The molecule has 0 saturated carbocycles. The van der Waals surface area contributed by atoms with Gasteiger partial charge in [-0.3, -0.25) is 9.78 Å². The highest BCUT2D eigenvalue weighted by Gasteiger charge is 2.10. The number of rotatable bonds is 3. The Morgan fingerprint density at radius 3 is 2.65 bits per heavy atom. The van der Waals surface area contributed by atoms with Crippen molar-refractivity contribution in [3.8, 4) is 17.3 Å². The number of H-pyrrole nitrogens is 1. The van der Waals surface area contributed by atoms with Crippen LogP contribution in [0.3, 0.4) is 0 Å². The van der Waals surface area contributed by atoms with Gasteiger partial charge in [0.15, 0.2) is 0 Å². The van der Waals surface area contributed by atoms with Crippen molar-refractivity contribution in [2.45, 2.75) is 19.8 Å². The van der Waals surface area contributed by atoms with E-state index in [2.05, 4.69) is 15.0 Å². The average Bonchev–Trinajstić information content (AvgIpc) is 2.35. The minimum Gasteiger partial charge on any atom is -0.493 e. The van der Waals surface area contributed by atoms with Crippen molar-refractivity contribution >= 4 is 0 Å². The fourth-order valence-electron chi connectivity index (χ4n) is 1.61. The molecule has 2 aromatic rings. The molecule has 0 aliphatic rings. The number of nitrogens with zero attached hydrogens (tertiary/aromatic N) is 2. The fourth-order valence-corrected chi connectivity index (χ4v) is 1.61. The van der Waals surface area contributed by atoms with Gasteiger partial charge in [-0.05, 0) is 18.6 Å². The molecule has 0 radical (unpaired) electrons. The third-order valence-electron chi connectivity index (χ3n) is 2.45. The van der Waals surface area contributed by atoms with Crippen LogP contribution in [0, 0.1) is 0 Å². The monoisotopic (exact) mass is 231 g/mol.